The van der Waals surface area contributed by atoms with E-state index in [1.165, 1.54) is 0 Å². The second kappa shape index (κ2) is 5.13. The summed E-state index contributed by atoms with van der Waals surface area (Å²) in [5.74, 6) is 0. The Hall–Kier alpha value is -2.34. The molecular weight excluding hydrogens is 210 g/mol. The minimum absolute atomic E-state index is 0.674. The number of pyridine rings is 1. The van der Waals surface area contributed by atoms with Gasteiger partial charge in [0.15, 0.2) is 0 Å². The molecule has 0 unspecified atom stereocenters. The van der Waals surface area contributed by atoms with E-state index in [0.717, 1.165) is 16.8 Å². The topological polar surface area (TPSA) is 48.7 Å². The second-order valence-electron chi connectivity index (χ2n) is 3.82. The van der Waals surface area contributed by atoms with Gasteiger partial charge < -0.3 is 5.32 Å². The molecule has 0 aliphatic rings. The number of nitrogens with zero attached hydrogens (tertiary/aromatic N) is 2. The lowest BCUT2D eigenvalue weighted by molar-refractivity contribution is 1.10. The van der Waals surface area contributed by atoms with Gasteiger partial charge in [0, 0.05) is 18.9 Å². The van der Waals surface area contributed by atoms with E-state index in [2.05, 4.69) is 16.4 Å². The molecule has 0 amide bonds. The van der Waals surface area contributed by atoms with Gasteiger partial charge in [0.2, 0.25) is 0 Å². The lowest BCUT2D eigenvalue weighted by Gasteiger charge is -2.10. The summed E-state index contributed by atoms with van der Waals surface area (Å²) >= 11 is 0. The Morgan fingerprint density at radius 1 is 1.29 bits per heavy atom. The first-order chi connectivity index (χ1) is 8.31. The zero-order valence-corrected chi connectivity index (χ0v) is 9.64. The summed E-state index contributed by atoms with van der Waals surface area (Å²) in [6, 6.07) is 11.8. The van der Waals surface area contributed by atoms with Crippen molar-refractivity contribution in [2.45, 2.75) is 13.5 Å². The Kier molecular flexibility index (Phi) is 3.37. The zero-order chi connectivity index (χ0) is 12.1. The molecule has 84 valence electrons. The van der Waals surface area contributed by atoms with E-state index < -0.39 is 0 Å². The molecule has 1 heterocycles. The number of nitrogens with one attached hydrogen (secondary N) is 1. The summed E-state index contributed by atoms with van der Waals surface area (Å²) in [6.45, 7) is 2.67. The summed E-state index contributed by atoms with van der Waals surface area (Å²) in [4.78, 5) is 4.06. The number of hydrogen-bond donors (Lipinski definition) is 1. The van der Waals surface area contributed by atoms with Crippen LogP contribution in [0.3, 0.4) is 0 Å². The van der Waals surface area contributed by atoms with Crippen LogP contribution in [-0.4, -0.2) is 4.98 Å². The standard InChI is InChI=1S/C14H13N3/c1-11-4-2-6-13(8-15)14(11)17-10-12-5-3-7-16-9-12/h2-7,9,17H,10H2,1H3. The van der Waals surface area contributed by atoms with Crippen LogP contribution in [0.1, 0.15) is 16.7 Å². The molecule has 17 heavy (non-hydrogen) atoms. The number of hydrogen-bond acceptors (Lipinski definition) is 3. The number of benzene rings is 1. The fourth-order valence-corrected chi connectivity index (χ4v) is 1.69. The largest absolute Gasteiger partial charge is 0.380 e. The summed E-state index contributed by atoms with van der Waals surface area (Å²) in [6.07, 6.45) is 3.56. The average molecular weight is 223 g/mol. The highest BCUT2D eigenvalue weighted by molar-refractivity contribution is 5.62. The lowest BCUT2D eigenvalue weighted by Crippen LogP contribution is -2.03. The molecule has 3 nitrogen and oxygen atoms in total. The van der Waals surface area contributed by atoms with Crippen molar-refractivity contribution in [2.24, 2.45) is 0 Å². The van der Waals surface area contributed by atoms with Crippen molar-refractivity contribution in [1.29, 1.82) is 5.26 Å². The Morgan fingerprint density at radius 3 is 2.88 bits per heavy atom. The van der Waals surface area contributed by atoms with Gasteiger partial charge in [-0.3, -0.25) is 4.98 Å². The third-order valence-electron chi connectivity index (χ3n) is 2.59. The molecule has 0 saturated carbocycles. The van der Waals surface area contributed by atoms with Crippen molar-refractivity contribution < 1.29 is 0 Å². The van der Waals surface area contributed by atoms with Crippen molar-refractivity contribution in [3.05, 3.63) is 59.4 Å². The van der Waals surface area contributed by atoms with Crippen molar-refractivity contribution in [3.63, 3.8) is 0 Å². The SMILES string of the molecule is Cc1cccc(C#N)c1NCc1cccnc1. The Balaban J connectivity index is 2.17. The molecule has 0 aliphatic carbocycles. The van der Waals surface area contributed by atoms with Gasteiger partial charge in [-0.05, 0) is 30.2 Å². The van der Waals surface area contributed by atoms with Crippen LogP contribution in [0.2, 0.25) is 0 Å². The molecule has 0 aliphatic heterocycles. The van der Waals surface area contributed by atoms with Gasteiger partial charge in [-0.1, -0.05) is 18.2 Å². The van der Waals surface area contributed by atoms with Gasteiger partial charge in [0.05, 0.1) is 11.3 Å². The van der Waals surface area contributed by atoms with Crippen molar-refractivity contribution in [3.8, 4) is 6.07 Å². The predicted octanol–water partition coefficient (Wildman–Crippen LogP) is 2.87. The third-order valence-corrected chi connectivity index (χ3v) is 2.59. The van der Waals surface area contributed by atoms with E-state index in [0.29, 0.717) is 12.1 Å². The molecule has 2 rings (SSSR count). The summed E-state index contributed by atoms with van der Waals surface area (Å²) < 4.78 is 0. The summed E-state index contributed by atoms with van der Waals surface area (Å²) in [7, 11) is 0. The normalized spacial score (nSPS) is 9.65. The highest BCUT2D eigenvalue weighted by Crippen LogP contribution is 2.20. The number of aryl methyl sites for hydroxylation is 1. The van der Waals surface area contributed by atoms with E-state index in [1.807, 2.05) is 43.5 Å². The van der Waals surface area contributed by atoms with Crippen LogP contribution in [0.4, 0.5) is 5.69 Å². The van der Waals surface area contributed by atoms with Crippen molar-refractivity contribution >= 4 is 5.69 Å². The van der Waals surface area contributed by atoms with Gasteiger partial charge in [0.1, 0.15) is 6.07 Å². The fraction of sp³-hybridized carbons (Fsp3) is 0.143. The van der Waals surface area contributed by atoms with Crippen LogP contribution in [0, 0.1) is 18.3 Å². The maximum absolute atomic E-state index is 9.04. The first-order valence-electron chi connectivity index (χ1n) is 5.44. The Labute approximate surface area is 101 Å². The van der Waals surface area contributed by atoms with Gasteiger partial charge in [0.25, 0.3) is 0 Å². The van der Waals surface area contributed by atoms with Crippen LogP contribution >= 0.6 is 0 Å². The molecule has 1 aromatic carbocycles. The van der Waals surface area contributed by atoms with E-state index in [9.17, 15) is 0 Å². The first-order valence-corrected chi connectivity index (χ1v) is 5.44. The minimum Gasteiger partial charge on any atom is -0.380 e. The maximum Gasteiger partial charge on any atom is 0.101 e. The molecular formula is C14H13N3. The lowest BCUT2D eigenvalue weighted by atomic mass is 10.1. The molecule has 3 heteroatoms. The maximum atomic E-state index is 9.04. The van der Waals surface area contributed by atoms with Gasteiger partial charge >= 0.3 is 0 Å². The quantitative estimate of drug-likeness (QED) is 0.870. The third kappa shape index (κ3) is 2.61. The van der Waals surface area contributed by atoms with E-state index >= 15 is 0 Å². The van der Waals surface area contributed by atoms with Gasteiger partial charge in [-0.25, -0.2) is 0 Å². The van der Waals surface area contributed by atoms with Crippen molar-refractivity contribution in [1.82, 2.24) is 4.98 Å². The summed E-state index contributed by atoms with van der Waals surface area (Å²) in [5, 5.41) is 12.3. The van der Waals surface area contributed by atoms with E-state index in [-0.39, 0.29) is 0 Å². The van der Waals surface area contributed by atoms with E-state index in [1.54, 1.807) is 6.20 Å². The highest BCUT2D eigenvalue weighted by Gasteiger charge is 2.04. The molecule has 1 aromatic heterocycles. The Morgan fingerprint density at radius 2 is 2.18 bits per heavy atom. The molecule has 0 saturated heterocycles. The smallest absolute Gasteiger partial charge is 0.101 e. The zero-order valence-electron chi connectivity index (χ0n) is 9.64. The summed E-state index contributed by atoms with van der Waals surface area (Å²) in [5.41, 5.74) is 3.75. The molecule has 1 N–H and O–H groups in total. The first kappa shape index (κ1) is 11.2. The fourth-order valence-electron chi connectivity index (χ4n) is 1.69. The second-order valence-corrected chi connectivity index (χ2v) is 3.82. The minimum atomic E-state index is 0.674. The highest BCUT2D eigenvalue weighted by atomic mass is 14.9. The molecule has 0 bridgehead atoms. The van der Waals surface area contributed by atoms with Crippen LogP contribution in [0.25, 0.3) is 0 Å². The monoisotopic (exact) mass is 223 g/mol. The van der Waals surface area contributed by atoms with Crippen LogP contribution in [-0.2, 0) is 6.54 Å². The number of rotatable bonds is 3. The number of anilines is 1. The number of aromatic nitrogens is 1. The van der Waals surface area contributed by atoms with Crippen LogP contribution in [0.5, 0.6) is 0 Å². The molecule has 0 fully saturated rings. The van der Waals surface area contributed by atoms with Crippen LogP contribution in [0.15, 0.2) is 42.7 Å². The molecule has 2 aromatic rings. The van der Waals surface area contributed by atoms with Crippen molar-refractivity contribution in [2.75, 3.05) is 5.32 Å². The number of para-hydroxylation sites is 1. The van der Waals surface area contributed by atoms with Gasteiger partial charge in [-0.15, -0.1) is 0 Å². The predicted molar refractivity (Wildman–Crippen MR) is 67.5 cm³/mol. The van der Waals surface area contributed by atoms with E-state index in [4.69, 9.17) is 5.26 Å². The molecule has 0 spiro atoms. The number of nitriles is 1. The molecule has 0 radical (unpaired) electrons. The molecule has 0 atom stereocenters. The Bertz CT molecular complexity index is 541. The van der Waals surface area contributed by atoms with Gasteiger partial charge in [-0.2, -0.15) is 5.26 Å². The average Bonchev–Trinajstić information content (AvgIpc) is 2.38. The van der Waals surface area contributed by atoms with Crippen LogP contribution < -0.4 is 5.32 Å².